The average Bonchev–Trinajstić information content (AvgIpc) is 3.38. The molecular formula is C23H19Cl2F4N5O3. The van der Waals surface area contributed by atoms with Gasteiger partial charge >= 0.3 is 11.9 Å². The fourth-order valence-electron chi connectivity index (χ4n) is 3.61. The largest absolute Gasteiger partial charge is 0.416 e. The Labute approximate surface area is 216 Å². The number of aliphatic hydroxyl groups excluding tert-OH is 2. The first-order chi connectivity index (χ1) is 17.3. The van der Waals surface area contributed by atoms with Crippen LogP contribution in [0.5, 0.6) is 0 Å². The molecule has 196 valence electrons. The highest BCUT2D eigenvalue weighted by Gasteiger charge is 2.39. The normalized spacial score (nSPS) is 13.6. The molecular weight excluding hydrogens is 541 g/mol. The molecule has 2 N–H and O–H groups in total. The number of aromatic nitrogens is 5. The number of halogens is 6. The van der Waals surface area contributed by atoms with E-state index in [1.54, 1.807) is 0 Å². The fraction of sp³-hybridized carbons (Fsp3) is 0.261. The number of aliphatic hydroxyl groups is 2. The van der Waals surface area contributed by atoms with Crippen molar-refractivity contribution in [2.75, 3.05) is 0 Å². The molecule has 2 aromatic carbocycles. The van der Waals surface area contributed by atoms with Crippen molar-refractivity contribution in [3.8, 4) is 16.9 Å². The molecule has 37 heavy (non-hydrogen) atoms. The van der Waals surface area contributed by atoms with E-state index in [4.69, 9.17) is 23.2 Å². The van der Waals surface area contributed by atoms with Gasteiger partial charge in [-0.05, 0) is 36.8 Å². The van der Waals surface area contributed by atoms with Gasteiger partial charge in [-0.3, -0.25) is 9.13 Å². The van der Waals surface area contributed by atoms with Gasteiger partial charge in [-0.15, -0.1) is 5.10 Å². The third-order valence-electron chi connectivity index (χ3n) is 5.43. The summed E-state index contributed by atoms with van der Waals surface area (Å²) in [4.78, 5) is 17.3. The number of rotatable bonds is 7. The maximum absolute atomic E-state index is 14.0. The van der Waals surface area contributed by atoms with Gasteiger partial charge in [0.05, 0.1) is 29.5 Å². The monoisotopic (exact) mass is 559 g/mol. The van der Waals surface area contributed by atoms with Gasteiger partial charge in [0.1, 0.15) is 11.9 Å². The Morgan fingerprint density at radius 3 is 2.35 bits per heavy atom. The highest BCUT2D eigenvalue weighted by molar-refractivity contribution is 6.31. The first-order valence-corrected chi connectivity index (χ1v) is 11.5. The maximum Gasteiger partial charge on any atom is 0.416 e. The van der Waals surface area contributed by atoms with Crippen LogP contribution in [0.1, 0.15) is 24.7 Å². The zero-order chi connectivity index (χ0) is 27.1. The van der Waals surface area contributed by atoms with Crippen LogP contribution in [0.2, 0.25) is 10.0 Å². The van der Waals surface area contributed by atoms with E-state index < -0.39 is 36.4 Å². The van der Waals surface area contributed by atoms with Gasteiger partial charge in [0.15, 0.2) is 17.8 Å². The molecule has 4 rings (SSSR count). The molecule has 0 fully saturated rings. The van der Waals surface area contributed by atoms with E-state index in [2.05, 4.69) is 10.1 Å². The van der Waals surface area contributed by atoms with E-state index in [1.165, 1.54) is 54.2 Å². The number of hydrogen-bond donors (Lipinski definition) is 2. The molecule has 0 spiro atoms. The van der Waals surface area contributed by atoms with Crippen molar-refractivity contribution >= 4 is 23.2 Å². The van der Waals surface area contributed by atoms with E-state index in [0.717, 1.165) is 15.2 Å². The molecule has 0 bridgehead atoms. The topological polar surface area (TPSA) is 98.1 Å². The van der Waals surface area contributed by atoms with Crippen LogP contribution in [0.15, 0.2) is 53.5 Å². The Hall–Kier alpha value is -3.19. The molecule has 2 atom stereocenters. The van der Waals surface area contributed by atoms with Gasteiger partial charge in [-0.2, -0.15) is 13.2 Å². The predicted octanol–water partition coefficient (Wildman–Crippen LogP) is 4.37. The van der Waals surface area contributed by atoms with Crippen molar-refractivity contribution in [3.05, 3.63) is 86.7 Å². The molecule has 2 heterocycles. The quantitative estimate of drug-likeness (QED) is 0.328. The smallest absolute Gasteiger partial charge is 0.385 e. The zero-order valence-corrected chi connectivity index (χ0v) is 20.5. The van der Waals surface area contributed by atoms with E-state index in [1.807, 2.05) is 0 Å². The summed E-state index contributed by atoms with van der Waals surface area (Å²) in [5.74, 6) is -0.670. The van der Waals surface area contributed by atoms with Crippen LogP contribution in [0.3, 0.4) is 0 Å². The number of hydrogen-bond acceptors (Lipinski definition) is 5. The Morgan fingerprint density at radius 1 is 1.08 bits per heavy atom. The summed E-state index contributed by atoms with van der Waals surface area (Å²) < 4.78 is 56.3. The summed E-state index contributed by atoms with van der Waals surface area (Å²) in [5, 5.41) is 24.3. The first-order valence-electron chi connectivity index (χ1n) is 10.7. The van der Waals surface area contributed by atoms with Crippen molar-refractivity contribution in [3.63, 3.8) is 0 Å². The van der Waals surface area contributed by atoms with Crippen LogP contribution in [0.25, 0.3) is 16.9 Å². The second-order valence-corrected chi connectivity index (χ2v) is 9.02. The lowest BCUT2D eigenvalue weighted by Gasteiger charge is -2.16. The lowest BCUT2D eigenvalue weighted by Crippen LogP contribution is -2.37. The summed E-state index contributed by atoms with van der Waals surface area (Å²) >= 11 is 11.6. The van der Waals surface area contributed by atoms with Crippen LogP contribution in [0.4, 0.5) is 17.6 Å². The maximum atomic E-state index is 14.0. The van der Waals surface area contributed by atoms with Crippen molar-refractivity contribution in [1.29, 1.82) is 0 Å². The second kappa shape index (κ2) is 10.3. The van der Waals surface area contributed by atoms with Crippen molar-refractivity contribution < 1.29 is 27.8 Å². The molecule has 8 nitrogen and oxygen atoms in total. The van der Waals surface area contributed by atoms with Crippen LogP contribution in [-0.4, -0.2) is 46.4 Å². The Bertz CT molecular complexity index is 1480. The Morgan fingerprint density at radius 2 is 1.76 bits per heavy atom. The molecule has 0 amide bonds. The molecule has 0 saturated heterocycles. The molecule has 2 unspecified atom stereocenters. The Balaban J connectivity index is 1.77. The summed E-state index contributed by atoms with van der Waals surface area (Å²) in [5.41, 5.74) is -0.174. The fourth-order valence-corrected chi connectivity index (χ4v) is 3.86. The van der Waals surface area contributed by atoms with E-state index in [9.17, 15) is 32.6 Å². The summed E-state index contributed by atoms with van der Waals surface area (Å²) in [6.45, 7) is 0.0752. The summed E-state index contributed by atoms with van der Waals surface area (Å²) in [7, 11) is 0. The second-order valence-electron chi connectivity index (χ2n) is 8.17. The van der Waals surface area contributed by atoms with E-state index in [0.29, 0.717) is 10.6 Å². The third-order valence-corrected chi connectivity index (χ3v) is 5.99. The van der Waals surface area contributed by atoms with Crippen molar-refractivity contribution in [2.24, 2.45) is 0 Å². The molecule has 4 aromatic rings. The number of benzene rings is 2. The van der Waals surface area contributed by atoms with Crippen LogP contribution in [0, 0.1) is 5.82 Å². The molecule has 0 aliphatic carbocycles. The first kappa shape index (κ1) is 26.9. The minimum atomic E-state index is -4.95. The average molecular weight is 560 g/mol. The zero-order valence-electron chi connectivity index (χ0n) is 19.0. The molecule has 2 aromatic heterocycles. The molecule has 0 radical (unpaired) electrons. The van der Waals surface area contributed by atoms with E-state index in [-0.39, 0.29) is 34.6 Å². The third kappa shape index (κ3) is 5.72. The highest BCUT2D eigenvalue weighted by Crippen LogP contribution is 2.26. The van der Waals surface area contributed by atoms with Crippen LogP contribution >= 0.6 is 23.2 Å². The summed E-state index contributed by atoms with van der Waals surface area (Å²) in [6.07, 6.45) is -7.56. The van der Waals surface area contributed by atoms with Gasteiger partial charge < -0.3 is 10.2 Å². The molecule has 0 aliphatic rings. The number of alkyl halides is 3. The SMILES string of the molecule is CC(O)c1nc(Cn2cc(-c3ccc(Cl)cc3)n(CC(O)C(F)(F)F)c2=O)nn1-c1ccc(Cl)c(F)c1. The molecule has 0 saturated carbocycles. The van der Waals surface area contributed by atoms with Crippen molar-refractivity contribution in [2.45, 2.75) is 38.4 Å². The van der Waals surface area contributed by atoms with Gasteiger partial charge in [-0.25, -0.2) is 18.9 Å². The van der Waals surface area contributed by atoms with Crippen LogP contribution < -0.4 is 5.69 Å². The predicted molar refractivity (Wildman–Crippen MR) is 127 cm³/mol. The molecule has 14 heteroatoms. The van der Waals surface area contributed by atoms with Gasteiger partial charge in [0, 0.05) is 17.3 Å². The lowest BCUT2D eigenvalue weighted by atomic mass is 10.1. The van der Waals surface area contributed by atoms with Gasteiger partial charge in [0.25, 0.3) is 0 Å². The number of imidazole rings is 1. The lowest BCUT2D eigenvalue weighted by molar-refractivity contribution is -0.207. The number of nitrogens with zero attached hydrogens (tertiary/aromatic N) is 5. The van der Waals surface area contributed by atoms with Gasteiger partial charge in [-0.1, -0.05) is 35.3 Å². The molecule has 0 aliphatic heterocycles. The van der Waals surface area contributed by atoms with Crippen LogP contribution in [-0.2, 0) is 13.1 Å². The highest BCUT2D eigenvalue weighted by atomic mass is 35.5. The standard InChI is InChI=1S/C23H19Cl2F4N5O3/c1-12(35)21-30-20(31-34(21)15-6-7-16(25)17(26)8-15)11-32-9-18(13-2-4-14(24)5-3-13)33(22(32)37)10-19(36)23(27,28)29/h2-9,12,19,35-36H,10-11H2,1H3. The minimum Gasteiger partial charge on any atom is -0.385 e. The summed E-state index contributed by atoms with van der Waals surface area (Å²) in [6, 6.07) is 9.90. The minimum absolute atomic E-state index is 0.0181. The van der Waals surface area contributed by atoms with E-state index >= 15 is 0 Å². The van der Waals surface area contributed by atoms with Crippen molar-refractivity contribution in [1.82, 2.24) is 23.9 Å². The van der Waals surface area contributed by atoms with Gasteiger partial charge in [0.2, 0.25) is 0 Å². The Kier molecular flexibility index (Phi) is 7.47.